The molecule has 0 aromatic carbocycles. The number of H-pyrrole nitrogens is 1. The molecule has 1 N–H and O–H groups in total. The Bertz CT molecular complexity index is 533. The number of aryl methyl sites for hydroxylation is 1. The van der Waals surface area contributed by atoms with Gasteiger partial charge in [-0.15, -0.1) is 0 Å². The molecular weight excluding hydrogens is 264 g/mol. The van der Waals surface area contributed by atoms with Gasteiger partial charge in [0.15, 0.2) is 0 Å². The molecule has 1 rings (SSSR count). The molecule has 5 nitrogen and oxygen atoms in total. The van der Waals surface area contributed by atoms with Gasteiger partial charge >= 0.3 is 11.7 Å². The highest BCUT2D eigenvalue weighted by molar-refractivity contribution is 7.71. The maximum atomic E-state index is 11.5. The number of aromatic nitrogens is 2. The molecule has 19 heavy (non-hydrogen) atoms. The molecule has 0 saturated heterocycles. The molecule has 1 aromatic rings. The van der Waals surface area contributed by atoms with Gasteiger partial charge < -0.3 is 9.30 Å². The van der Waals surface area contributed by atoms with Gasteiger partial charge in [-0.05, 0) is 25.3 Å². The molecule has 0 aliphatic heterocycles. The monoisotopic (exact) mass is 282 g/mol. The fraction of sp³-hybridized carbons (Fsp3) is 0.462. The topological polar surface area (TPSA) is 64.1 Å². The Balaban J connectivity index is 2.14. The first-order valence-electron chi connectivity index (χ1n) is 6.22. The van der Waals surface area contributed by atoms with E-state index in [1.54, 1.807) is 16.8 Å². The Hall–Kier alpha value is -1.69. The largest absolute Gasteiger partial charge is 0.463 e. The van der Waals surface area contributed by atoms with Crippen LogP contribution in [0.1, 0.15) is 25.7 Å². The number of carbonyl (C=O) groups is 1. The predicted molar refractivity (Wildman–Crippen MR) is 75.5 cm³/mol. The summed E-state index contributed by atoms with van der Waals surface area (Å²) in [6.07, 6.45) is 6.53. The van der Waals surface area contributed by atoms with Crippen LogP contribution in [0.3, 0.4) is 0 Å². The molecule has 0 fully saturated rings. The van der Waals surface area contributed by atoms with E-state index in [1.807, 2.05) is 0 Å². The predicted octanol–water partition coefficient (Wildman–Crippen LogP) is 2.20. The Labute approximate surface area is 116 Å². The van der Waals surface area contributed by atoms with Crippen molar-refractivity contribution >= 4 is 18.2 Å². The minimum Gasteiger partial charge on any atom is -0.463 e. The summed E-state index contributed by atoms with van der Waals surface area (Å²) in [5.74, 6) is -0.383. The van der Waals surface area contributed by atoms with E-state index in [4.69, 9.17) is 17.0 Å². The fourth-order valence-electron chi connectivity index (χ4n) is 1.59. The number of unbranched alkanes of at least 4 members (excludes halogenated alkanes) is 3. The average molecular weight is 282 g/mol. The molecule has 1 heterocycles. The quantitative estimate of drug-likeness (QED) is 0.343. The van der Waals surface area contributed by atoms with Gasteiger partial charge in [0.2, 0.25) is 0 Å². The van der Waals surface area contributed by atoms with Crippen LogP contribution in [0.2, 0.25) is 0 Å². The molecular formula is C13H18N2O3S. The highest BCUT2D eigenvalue weighted by Crippen LogP contribution is 2.01. The standard InChI is InChI=1S/C13H18N2O3S/c1-2-12(16)18-10-6-4-3-5-8-15-9-7-11(19)14-13(15)17/h2,7,9H,1,3-6,8,10H2,(H,14,17,19). The summed E-state index contributed by atoms with van der Waals surface area (Å²) in [5.41, 5.74) is -0.174. The van der Waals surface area contributed by atoms with Gasteiger partial charge in [-0.1, -0.05) is 25.2 Å². The van der Waals surface area contributed by atoms with Gasteiger partial charge in [0, 0.05) is 18.8 Å². The molecule has 0 atom stereocenters. The van der Waals surface area contributed by atoms with E-state index in [0.717, 1.165) is 31.8 Å². The summed E-state index contributed by atoms with van der Waals surface area (Å²) < 4.78 is 6.91. The Morgan fingerprint density at radius 3 is 2.84 bits per heavy atom. The highest BCUT2D eigenvalue weighted by atomic mass is 32.1. The summed E-state index contributed by atoms with van der Waals surface area (Å²) in [4.78, 5) is 24.8. The van der Waals surface area contributed by atoms with Crippen molar-refractivity contribution in [1.82, 2.24) is 9.55 Å². The number of nitrogens with one attached hydrogen (secondary N) is 1. The Kier molecular flexibility index (Phi) is 6.81. The van der Waals surface area contributed by atoms with Gasteiger partial charge in [-0.25, -0.2) is 9.59 Å². The van der Waals surface area contributed by atoms with Crippen molar-refractivity contribution in [2.45, 2.75) is 32.2 Å². The summed E-state index contributed by atoms with van der Waals surface area (Å²) in [6, 6.07) is 1.70. The first-order valence-corrected chi connectivity index (χ1v) is 6.63. The minimum atomic E-state index is -0.383. The lowest BCUT2D eigenvalue weighted by molar-refractivity contribution is -0.137. The Morgan fingerprint density at radius 1 is 1.42 bits per heavy atom. The third kappa shape index (κ3) is 6.15. The molecule has 1 aromatic heterocycles. The lowest BCUT2D eigenvalue weighted by Crippen LogP contribution is -2.22. The van der Waals surface area contributed by atoms with Crippen LogP contribution >= 0.6 is 12.2 Å². The van der Waals surface area contributed by atoms with E-state index < -0.39 is 0 Å². The second-order valence-corrected chi connectivity index (χ2v) is 4.53. The molecule has 0 radical (unpaired) electrons. The van der Waals surface area contributed by atoms with Crippen LogP contribution in [-0.2, 0) is 16.1 Å². The van der Waals surface area contributed by atoms with Crippen LogP contribution in [0.15, 0.2) is 29.7 Å². The first kappa shape index (κ1) is 15.4. The number of ether oxygens (including phenoxy) is 1. The van der Waals surface area contributed by atoms with Crippen LogP contribution in [0.5, 0.6) is 0 Å². The lowest BCUT2D eigenvalue weighted by atomic mass is 10.2. The van der Waals surface area contributed by atoms with Gasteiger partial charge in [-0.2, -0.15) is 0 Å². The number of nitrogens with zero attached hydrogens (tertiary/aromatic N) is 1. The number of hydrogen-bond donors (Lipinski definition) is 1. The zero-order chi connectivity index (χ0) is 14.1. The average Bonchev–Trinajstić information content (AvgIpc) is 2.39. The maximum absolute atomic E-state index is 11.5. The number of carbonyl (C=O) groups excluding carboxylic acids is 1. The summed E-state index contributed by atoms with van der Waals surface area (Å²) >= 11 is 4.86. The van der Waals surface area contributed by atoms with Crippen molar-refractivity contribution in [3.05, 3.63) is 40.0 Å². The third-order valence-corrected chi connectivity index (χ3v) is 2.84. The minimum absolute atomic E-state index is 0.174. The molecule has 0 unspecified atom stereocenters. The smallest absolute Gasteiger partial charge is 0.330 e. The summed E-state index contributed by atoms with van der Waals surface area (Å²) in [5, 5.41) is 0. The Morgan fingerprint density at radius 2 is 2.16 bits per heavy atom. The van der Waals surface area contributed by atoms with Gasteiger partial charge in [-0.3, -0.25) is 4.98 Å². The number of aromatic amines is 1. The van der Waals surface area contributed by atoms with Crippen LogP contribution in [0.25, 0.3) is 0 Å². The van der Waals surface area contributed by atoms with Crippen LogP contribution in [-0.4, -0.2) is 22.1 Å². The highest BCUT2D eigenvalue weighted by Gasteiger charge is 1.97. The summed E-state index contributed by atoms with van der Waals surface area (Å²) in [7, 11) is 0. The second kappa shape index (κ2) is 8.42. The zero-order valence-corrected chi connectivity index (χ0v) is 11.6. The van der Waals surface area contributed by atoms with Crippen molar-refractivity contribution in [2.24, 2.45) is 0 Å². The molecule has 0 aliphatic rings. The van der Waals surface area contributed by atoms with Gasteiger partial charge in [0.1, 0.15) is 4.64 Å². The third-order valence-electron chi connectivity index (χ3n) is 2.60. The van der Waals surface area contributed by atoms with E-state index in [0.29, 0.717) is 17.8 Å². The second-order valence-electron chi connectivity index (χ2n) is 4.09. The van der Waals surface area contributed by atoms with Crippen LogP contribution in [0, 0.1) is 4.64 Å². The number of esters is 1. The van der Waals surface area contributed by atoms with Crippen molar-refractivity contribution < 1.29 is 9.53 Å². The summed E-state index contributed by atoms with van der Waals surface area (Å²) in [6.45, 7) is 4.40. The zero-order valence-electron chi connectivity index (χ0n) is 10.8. The van der Waals surface area contributed by atoms with E-state index in [1.165, 1.54) is 0 Å². The molecule has 0 amide bonds. The normalized spacial score (nSPS) is 10.1. The molecule has 0 saturated carbocycles. The van der Waals surface area contributed by atoms with Crippen molar-refractivity contribution in [3.63, 3.8) is 0 Å². The number of rotatable bonds is 8. The molecule has 6 heteroatoms. The molecule has 0 aliphatic carbocycles. The molecule has 0 spiro atoms. The van der Waals surface area contributed by atoms with Gasteiger partial charge in [0.25, 0.3) is 0 Å². The van der Waals surface area contributed by atoms with E-state index >= 15 is 0 Å². The fourth-order valence-corrected chi connectivity index (χ4v) is 1.74. The van der Waals surface area contributed by atoms with E-state index in [2.05, 4.69) is 11.6 Å². The van der Waals surface area contributed by atoms with Crippen molar-refractivity contribution in [3.8, 4) is 0 Å². The van der Waals surface area contributed by atoms with Crippen molar-refractivity contribution in [1.29, 1.82) is 0 Å². The first-order chi connectivity index (χ1) is 9.13. The van der Waals surface area contributed by atoms with Crippen LogP contribution in [0.4, 0.5) is 0 Å². The SMILES string of the molecule is C=CC(=O)OCCCCCCn1ccc(=S)[nH]c1=O. The lowest BCUT2D eigenvalue weighted by Gasteiger charge is -2.05. The van der Waals surface area contributed by atoms with Gasteiger partial charge in [0.05, 0.1) is 6.61 Å². The van der Waals surface area contributed by atoms with E-state index in [9.17, 15) is 9.59 Å². The van der Waals surface area contributed by atoms with Crippen LogP contribution < -0.4 is 5.69 Å². The van der Waals surface area contributed by atoms with E-state index in [-0.39, 0.29) is 11.7 Å². The maximum Gasteiger partial charge on any atom is 0.330 e. The molecule has 0 bridgehead atoms. The number of hydrogen-bond acceptors (Lipinski definition) is 4. The molecule has 104 valence electrons. The van der Waals surface area contributed by atoms with Crippen molar-refractivity contribution in [2.75, 3.05) is 6.61 Å².